The van der Waals surface area contributed by atoms with Crippen molar-refractivity contribution in [2.45, 2.75) is 40.3 Å². The van der Waals surface area contributed by atoms with Crippen LogP contribution in [0.5, 0.6) is 23.0 Å². The molecule has 1 aliphatic heterocycles. The molecule has 0 unspecified atom stereocenters. The highest BCUT2D eigenvalue weighted by molar-refractivity contribution is 7.07. The molecule has 0 aliphatic carbocycles. The molecule has 2 heterocycles. The number of nitro benzene ring substituents is 1. The van der Waals surface area contributed by atoms with Gasteiger partial charge >= 0.3 is 11.9 Å². The number of aromatic nitrogens is 1. The Kier molecular flexibility index (Phi) is 12.5. The Bertz CT molecular complexity index is 2260. The molecule has 0 amide bonds. The molecule has 0 bridgehead atoms. The molecule has 3 aromatic carbocycles. The smallest absolute Gasteiger partial charge is 0.343 e. The zero-order valence-electron chi connectivity index (χ0n) is 29.5. The minimum atomic E-state index is -0.950. The summed E-state index contributed by atoms with van der Waals surface area (Å²) in [5.74, 6) is -0.112. The number of thiazole rings is 1. The number of ether oxygens (including phenoxy) is 6. The Morgan fingerprint density at radius 3 is 2.43 bits per heavy atom. The molecule has 0 spiro atoms. The fourth-order valence-electron chi connectivity index (χ4n) is 5.53. The minimum absolute atomic E-state index is 0.00896. The van der Waals surface area contributed by atoms with E-state index < -0.39 is 28.5 Å². The molecule has 1 aliphatic rings. The average molecular weight is 766 g/mol. The number of halogens is 1. The lowest BCUT2D eigenvalue weighted by Crippen LogP contribution is -2.40. The van der Waals surface area contributed by atoms with Crippen LogP contribution < -0.4 is 33.8 Å². The number of non-ortho nitro benzene ring substituents is 1. The topological polar surface area (TPSA) is 167 Å². The monoisotopic (exact) mass is 765 g/mol. The third-order valence-electron chi connectivity index (χ3n) is 7.81. The molecule has 4 aromatic rings. The Labute approximate surface area is 312 Å². The van der Waals surface area contributed by atoms with Crippen molar-refractivity contribution in [3.8, 4) is 23.0 Å². The number of methoxy groups -OCH3 is 1. The third kappa shape index (κ3) is 8.69. The van der Waals surface area contributed by atoms with E-state index in [-0.39, 0.29) is 60.8 Å². The lowest BCUT2D eigenvalue weighted by atomic mass is 9.95. The van der Waals surface area contributed by atoms with Crippen molar-refractivity contribution in [1.82, 2.24) is 4.57 Å². The molecule has 278 valence electrons. The van der Waals surface area contributed by atoms with E-state index in [4.69, 9.17) is 35.3 Å². The van der Waals surface area contributed by atoms with Crippen molar-refractivity contribution in [2.75, 3.05) is 33.5 Å². The maximum atomic E-state index is 14.3. The van der Waals surface area contributed by atoms with E-state index >= 15 is 0 Å². The van der Waals surface area contributed by atoms with Crippen molar-refractivity contribution in [3.05, 3.63) is 117 Å². The minimum Gasteiger partial charge on any atom is -0.490 e. The molecule has 0 saturated carbocycles. The highest BCUT2D eigenvalue weighted by Crippen LogP contribution is 2.39. The summed E-state index contributed by atoms with van der Waals surface area (Å²) >= 11 is 7.82. The normalized spacial score (nSPS) is 13.8. The van der Waals surface area contributed by atoms with Crippen LogP contribution in [0.3, 0.4) is 0 Å². The molecule has 0 saturated heterocycles. The predicted octanol–water partition coefficient (Wildman–Crippen LogP) is 5.29. The van der Waals surface area contributed by atoms with E-state index in [1.807, 2.05) is 0 Å². The Morgan fingerprint density at radius 2 is 1.74 bits per heavy atom. The molecular weight excluding hydrogens is 730 g/mol. The second-order valence-corrected chi connectivity index (χ2v) is 12.7. The second-order valence-electron chi connectivity index (χ2n) is 11.3. The molecule has 0 N–H and O–H groups in total. The van der Waals surface area contributed by atoms with Crippen LogP contribution >= 0.6 is 22.9 Å². The van der Waals surface area contributed by atoms with Gasteiger partial charge in [0, 0.05) is 12.1 Å². The second kappa shape index (κ2) is 17.2. The molecular formula is C37H36ClN3O11S. The molecule has 16 heteroatoms. The SMILES string of the molecule is CCOC(=O)C1=C(C)N=c2s/c(=C\c3cc(Cl)c(OCc4cccc([N+](=O)[O-])c4)c(OCC)c3)c(=O)n2[C@@H]1c1ccc(OCC(=O)OC)c(OCC)c1. The predicted molar refractivity (Wildman–Crippen MR) is 196 cm³/mol. The number of allylic oxidation sites excluding steroid dienone is 1. The third-order valence-corrected chi connectivity index (χ3v) is 9.07. The first-order valence-corrected chi connectivity index (χ1v) is 17.7. The fourth-order valence-corrected chi connectivity index (χ4v) is 6.85. The van der Waals surface area contributed by atoms with Gasteiger partial charge in [-0.15, -0.1) is 0 Å². The van der Waals surface area contributed by atoms with Gasteiger partial charge in [-0.2, -0.15) is 0 Å². The van der Waals surface area contributed by atoms with Gasteiger partial charge in [0.25, 0.3) is 11.2 Å². The summed E-state index contributed by atoms with van der Waals surface area (Å²) in [5.41, 5.74) is 1.64. The zero-order chi connectivity index (χ0) is 38.2. The molecule has 53 heavy (non-hydrogen) atoms. The van der Waals surface area contributed by atoms with E-state index in [1.165, 1.54) is 23.8 Å². The average Bonchev–Trinajstić information content (AvgIpc) is 3.43. The number of fused-ring (bicyclic) bond motifs is 1. The summed E-state index contributed by atoms with van der Waals surface area (Å²) in [6.07, 6.45) is 1.64. The molecule has 1 aromatic heterocycles. The van der Waals surface area contributed by atoms with Crippen LogP contribution in [0.25, 0.3) is 6.08 Å². The van der Waals surface area contributed by atoms with Gasteiger partial charge in [0.15, 0.2) is 34.4 Å². The van der Waals surface area contributed by atoms with E-state index in [0.29, 0.717) is 43.2 Å². The summed E-state index contributed by atoms with van der Waals surface area (Å²) in [4.78, 5) is 55.2. The van der Waals surface area contributed by atoms with Crippen LogP contribution in [0, 0.1) is 10.1 Å². The maximum Gasteiger partial charge on any atom is 0.343 e. The van der Waals surface area contributed by atoms with Crippen molar-refractivity contribution in [1.29, 1.82) is 0 Å². The fraction of sp³-hybridized carbons (Fsp3) is 0.297. The number of benzene rings is 3. The van der Waals surface area contributed by atoms with Gasteiger partial charge in [0.2, 0.25) is 0 Å². The highest BCUT2D eigenvalue weighted by atomic mass is 35.5. The van der Waals surface area contributed by atoms with Crippen molar-refractivity contribution in [3.63, 3.8) is 0 Å². The van der Waals surface area contributed by atoms with Crippen molar-refractivity contribution >= 4 is 46.6 Å². The van der Waals surface area contributed by atoms with Gasteiger partial charge in [-0.1, -0.05) is 41.1 Å². The molecule has 5 rings (SSSR count). The quantitative estimate of drug-likeness (QED) is 0.0877. The number of hydrogen-bond donors (Lipinski definition) is 0. The number of hydrogen-bond acceptors (Lipinski definition) is 13. The van der Waals surface area contributed by atoms with Crippen LogP contribution in [-0.4, -0.2) is 55.0 Å². The Balaban J connectivity index is 1.58. The van der Waals surface area contributed by atoms with Crippen LogP contribution in [0.4, 0.5) is 5.69 Å². The van der Waals surface area contributed by atoms with Crippen LogP contribution in [0.2, 0.25) is 5.02 Å². The van der Waals surface area contributed by atoms with E-state index in [1.54, 1.807) is 76.2 Å². The number of nitrogens with zero attached hydrogens (tertiary/aromatic N) is 3. The van der Waals surface area contributed by atoms with Gasteiger partial charge in [-0.05, 0) is 74.7 Å². The van der Waals surface area contributed by atoms with E-state index in [2.05, 4.69) is 9.73 Å². The summed E-state index contributed by atoms with van der Waals surface area (Å²) < 4.78 is 35.1. The molecule has 1 atom stereocenters. The summed E-state index contributed by atoms with van der Waals surface area (Å²) in [6.45, 7) is 7.23. The van der Waals surface area contributed by atoms with Gasteiger partial charge in [-0.3, -0.25) is 19.5 Å². The number of carbonyl (C=O) groups excluding carboxylic acids is 2. The largest absolute Gasteiger partial charge is 0.490 e. The van der Waals surface area contributed by atoms with Crippen LogP contribution in [0.15, 0.2) is 75.7 Å². The van der Waals surface area contributed by atoms with E-state index in [0.717, 1.165) is 11.3 Å². The standard InChI is InChI=1S/C37H36ClN3O11S/c1-6-48-28-18-24(12-13-27(28)51-20-31(42)47-5)33-32(36(44)50-8-3)21(4)39-37-40(33)35(43)30(53-37)17-23-15-26(38)34(29(16-23)49-7-2)52-19-22-10-9-11-25(14-22)41(45)46/h9-18,33H,6-8,19-20H2,1-5H3/b30-17-/t33-/m1/s1. The summed E-state index contributed by atoms with van der Waals surface area (Å²) in [6, 6.07) is 13.3. The number of nitro groups is 1. The van der Waals surface area contributed by atoms with Gasteiger partial charge in [0.1, 0.15) is 6.61 Å². The van der Waals surface area contributed by atoms with Crippen molar-refractivity contribution < 1.29 is 42.9 Å². The number of rotatable bonds is 15. The zero-order valence-corrected chi connectivity index (χ0v) is 31.1. The first-order chi connectivity index (χ1) is 25.5. The number of carbonyl (C=O) groups is 2. The molecule has 0 radical (unpaired) electrons. The lowest BCUT2D eigenvalue weighted by molar-refractivity contribution is -0.384. The Morgan fingerprint density at radius 1 is 0.981 bits per heavy atom. The summed E-state index contributed by atoms with van der Waals surface area (Å²) in [7, 11) is 1.25. The molecule has 0 fully saturated rings. The van der Waals surface area contributed by atoms with Gasteiger partial charge < -0.3 is 28.4 Å². The van der Waals surface area contributed by atoms with Gasteiger partial charge in [-0.25, -0.2) is 14.6 Å². The maximum absolute atomic E-state index is 14.3. The van der Waals surface area contributed by atoms with Crippen LogP contribution in [-0.2, 0) is 25.7 Å². The van der Waals surface area contributed by atoms with Gasteiger partial charge in [0.05, 0.1) is 58.7 Å². The van der Waals surface area contributed by atoms with Crippen molar-refractivity contribution in [2.24, 2.45) is 4.99 Å². The highest BCUT2D eigenvalue weighted by Gasteiger charge is 2.34. The molecule has 14 nitrogen and oxygen atoms in total. The summed E-state index contributed by atoms with van der Waals surface area (Å²) in [5, 5.41) is 11.4. The first kappa shape index (κ1) is 38.6. The first-order valence-electron chi connectivity index (χ1n) is 16.5. The van der Waals surface area contributed by atoms with Crippen LogP contribution in [0.1, 0.15) is 50.4 Å². The lowest BCUT2D eigenvalue weighted by Gasteiger charge is -2.25. The van der Waals surface area contributed by atoms with E-state index in [9.17, 15) is 24.5 Å². The number of esters is 2. The Hall–Kier alpha value is -5.67.